The van der Waals surface area contributed by atoms with E-state index in [1.54, 1.807) is 42.5 Å². The summed E-state index contributed by atoms with van der Waals surface area (Å²) in [6, 6.07) is 12.0. The molecule has 2 N–H and O–H groups in total. The van der Waals surface area contributed by atoms with Crippen LogP contribution >= 0.6 is 0 Å². The fourth-order valence-corrected chi connectivity index (χ4v) is 2.96. The molecule has 0 fully saturated rings. The molecule has 2 heterocycles. The monoisotopic (exact) mass is 308 g/mol. The third-order valence-electron chi connectivity index (χ3n) is 4.00. The molecule has 3 aromatic rings. The predicted molar refractivity (Wildman–Crippen MR) is 83.9 cm³/mol. The number of imidazole rings is 1. The molecule has 0 radical (unpaired) electrons. The molecule has 0 saturated carbocycles. The Labute approximate surface area is 130 Å². The number of hydrogen-bond donors (Lipinski definition) is 2. The number of nitrogens with zero attached hydrogens (tertiary/aromatic N) is 1. The molecule has 0 amide bonds. The van der Waals surface area contributed by atoms with Gasteiger partial charge in [-0.3, -0.25) is 4.79 Å². The number of phenolic OH excluding ortho intramolecular Hbond substituents is 1. The lowest BCUT2D eigenvalue weighted by Gasteiger charge is -2.08. The number of phenols is 1. The second-order valence-corrected chi connectivity index (χ2v) is 5.20. The van der Waals surface area contributed by atoms with Gasteiger partial charge in [-0.15, -0.1) is 0 Å². The Balaban J connectivity index is 2.07. The van der Waals surface area contributed by atoms with Crippen LogP contribution in [0.25, 0.3) is 22.5 Å². The summed E-state index contributed by atoms with van der Waals surface area (Å²) in [7, 11) is 1.45. The first-order chi connectivity index (χ1) is 11.1. The summed E-state index contributed by atoms with van der Waals surface area (Å²) in [5.74, 6) is -0.164. The first-order valence-electron chi connectivity index (χ1n) is 6.99. The lowest BCUT2D eigenvalue weighted by atomic mass is 10.0. The van der Waals surface area contributed by atoms with Crippen molar-refractivity contribution in [3.63, 3.8) is 0 Å². The molecule has 0 unspecified atom stereocenters. The van der Waals surface area contributed by atoms with Crippen LogP contribution in [0.3, 0.4) is 0 Å². The molecule has 0 saturated heterocycles. The topological polar surface area (TPSA) is 84.3 Å². The summed E-state index contributed by atoms with van der Waals surface area (Å²) < 4.78 is 6.20. The zero-order valence-corrected chi connectivity index (χ0v) is 12.2. The number of carbonyl (C=O) groups excluding carboxylic acids is 1. The predicted octanol–water partition coefficient (Wildman–Crippen LogP) is 2.23. The Hall–Kier alpha value is -3.28. The van der Waals surface area contributed by atoms with Gasteiger partial charge in [0, 0.05) is 16.7 Å². The van der Waals surface area contributed by atoms with Crippen molar-refractivity contribution in [2.45, 2.75) is 0 Å². The molecular formula is C17H12N2O4. The fourth-order valence-electron chi connectivity index (χ4n) is 2.96. The van der Waals surface area contributed by atoms with Crippen molar-refractivity contribution in [3.05, 3.63) is 58.5 Å². The minimum absolute atomic E-state index is 0.0866. The van der Waals surface area contributed by atoms with E-state index in [1.807, 2.05) is 0 Å². The molecule has 4 rings (SSSR count). The first-order valence-corrected chi connectivity index (χ1v) is 6.99. The van der Waals surface area contributed by atoms with Gasteiger partial charge in [0.1, 0.15) is 0 Å². The Bertz CT molecular complexity index is 1010. The maximum atomic E-state index is 12.4. The Morgan fingerprint density at radius 3 is 2.43 bits per heavy atom. The van der Waals surface area contributed by atoms with Gasteiger partial charge in [0.2, 0.25) is 0 Å². The molecular weight excluding hydrogens is 296 g/mol. The zero-order chi connectivity index (χ0) is 16.1. The van der Waals surface area contributed by atoms with E-state index in [0.29, 0.717) is 33.8 Å². The van der Waals surface area contributed by atoms with Gasteiger partial charge < -0.3 is 14.8 Å². The number of hydrogen-bond acceptors (Lipinski definition) is 4. The number of aromatic amines is 1. The minimum atomic E-state index is -0.529. The lowest BCUT2D eigenvalue weighted by molar-refractivity contribution is 0.0965. The van der Waals surface area contributed by atoms with Crippen LogP contribution in [-0.4, -0.2) is 27.7 Å². The summed E-state index contributed by atoms with van der Waals surface area (Å²) in [6.07, 6.45) is 0. The summed E-state index contributed by atoms with van der Waals surface area (Å²) >= 11 is 0. The molecule has 0 aliphatic carbocycles. The number of carbonyl (C=O) groups is 1. The van der Waals surface area contributed by atoms with Crippen molar-refractivity contribution < 1.29 is 14.6 Å². The van der Waals surface area contributed by atoms with Gasteiger partial charge in [-0.25, -0.2) is 9.36 Å². The van der Waals surface area contributed by atoms with Crippen molar-refractivity contribution >= 4 is 5.91 Å². The van der Waals surface area contributed by atoms with Gasteiger partial charge >= 0.3 is 5.69 Å². The van der Waals surface area contributed by atoms with Gasteiger partial charge in [0.15, 0.2) is 11.5 Å². The van der Waals surface area contributed by atoms with Crippen LogP contribution in [0.2, 0.25) is 0 Å². The van der Waals surface area contributed by atoms with Crippen molar-refractivity contribution in [1.82, 2.24) is 9.55 Å². The van der Waals surface area contributed by atoms with Crippen LogP contribution in [-0.2, 0) is 0 Å². The van der Waals surface area contributed by atoms with E-state index in [0.717, 1.165) is 4.57 Å². The highest BCUT2D eigenvalue weighted by Gasteiger charge is 2.32. The average Bonchev–Trinajstić information content (AvgIpc) is 3.05. The number of fused-ring (bicyclic) bond motifs is 3. The number of methoxy groups -OCH3 is 1. The third-order valence-corrected chi connectivity index (χ3v) is 4.00. The smallest absolute Gasteiger partial charge is 0.333 e. The van der Waals surface area contributed by atoms with E-state index < -0.39 is 5.69 Å². The molecule has 0 spiro atoms. The normalized spacial score (nSPS) is 12.1. The number of rotatable bonds is 2. The molecule has 1 aromatic heterocycles. The van der Waals surface area contributed by atoms with Crippen molar-refractivity contribution in [1.29, 1.82) is 0 Å². The molecule has 1 aliphatic heterocycles. The maximum Gasteiger partial charge on any atom is 0.333 e. The van der Waals surface area contributed by atoms with Crippen LogP contribution in [0.15, 0.2) is 47.3 Å². The van der Waals surface area contributed by atoms with Crippen LogP contribution in [0.4, 0.5) is 0 Å². The van der Waals surface area contributed by atoms with Crippen LogP contribution in [0.5, 0.6) is 11.5 Å². The fraction of sp³-hybridized carbons (Fsp3) is 0.0588. The molecule has 6 heteroatoms. The molecule has 0 atom stereocenters. The van der Waals surface area contributed by atoms with Crippen molar-refractivity contribution in [2.24, 2.45) is 0 Å². The molecule has 114 valence electrons. The van der Waals surface area contributed by atoms with E-state index >= 15 is 0 Å². The van der Waals surface area contributed by atoms with Gasteiger partial charge in [-0.2, -0.15) is 0 Å². The van der Waals surface area contributed by atoms with Crippen LogP contribution in [0, 0.1) is 0 Å². The minimum Gasteiger partial charge on any atom is -0.504 e. The standard InChI is InChI=1S/C17H12N2O4/c1-23-12-8-4-7-11(15(12)20)13-14-9-5-2-3-6-10(9)16(21)19(14)17(22)18-13/h2-8,20H,1H3,(H,18,22). The van der Waals surface area contributed by atoms with Crippen molar-refractivity contribution in [2.75, 3.05) is 7.11 Å². The number of aromatic nitrogens is 2. The quantitative estimate of drug-likeness (QED) is 0.595. The summed E-state index contributed by atoms with van der Waals surface area (Å²) in [4.78, 5) is 27.3. The summed E-state index contributed by atoms with van der Waals surface area (Å²) in [6.45, 7) is 0. The largest absolute Gasteiger partial charge is 0.504 e. The second-order valence-electron chi connectivity index (χ2n) is 5.20. The molecule has 1 aliphatic rings. The van der Waals surface area contributed by atoms with Gasteiger partial charge in [0.05, 0.1) is 18.5 Å². The molecule has 2 aromatic carbocycles. The van der Waals surface area contributed by atoms with E-state index in [-0.39, 0.29) is 11.7 Å². The Morgan fingerprint density at radius 2 is 1.70 bits per heavy atom. The Kier molecular flexibility index (Phi) is 2.68. The number of para-hydroxylation sites is 1. The van der Waals surface area contributed by atoms with E-state index in [9.17, 15) is 14.7 Å². The van der Waals surface area contributed by atoms with Gasteiger partial charge in [0.25, 0.3) is 5.91 Å². The first kappa shape index (κ1) is 13.4. The van der Waals surface area contributed by atoms with Gasteiger partial charge in [-0.05, 0) is 18.2 Å². The van der Waals surface area contributed by atoms with Gasteiger partial charge in [-0.1, -0.05) is 24.3 Å². The highest BCUT2D eigenvalue weighted by Crippen LogP contribution is 2.42. The number of aromatic hydroxyl groups is 1. The van der Waals surface area contributed by atoms with Crippen LogP contribution < -0.4 is 10.4 Å². The average molecular weight is 308 g/mol. The second kappa shape index (κ2) is 4.61. The highest BCUT2D eigenvalue weighted by molar-refractivity contribution is 6.11. The maximum absolute atomic E-state index is 12.4. The Morgan fingerprint density at radius 1 is 1.00 bits per heavy atom. The lowest BCUT2D eigenvalue weighted by Crippen LogP contribution is -2.21. The number of benzene rings is 2. The van der Waals surface area contributed by atoms with E-state index in [4.69, 9.17) is 4.74 Å². The molecule has 6 nitrogen and oxygen atoms in total. The zero-order valence-electron chi connectivity index (χ0n) is 12.2. The highest BCUT2D eigenvalue weighted by atomic mass is 16.5. The number of H-pyrrole nitrogens is 1. The SMILES string of the molecule is COc1cccc(-c2[nH]c(=O)n3c2-c2ccccc2C3=O)c1O. The van der Waals surface area contributed by atoms with Crippen molar-refractivity contribution in [3.8, 4) is 34.0 Å². The third kappa shape index (κ3) is 1.69. The molecule has 0 bridgehead atoms. The number of nitrogens with one attached hydrogen (secondary N) is 1. The molecule has 23 heavy (non-hydrogen) atoms. The van der Waals surface area contributed by atoms with E-state index in [1.165, 1.54) is 7.11 Å². The number of ether oxygens (including phenoxy) is 1. The van der Waals surface area contributed by atoms with Crippen LogP contribution in [0.1, 0.15) is 10.4 Å². The summed E-state index contributed by atoms with van der Waals surface area (Å²) in [5, 5.41) is 10.4. The summed E-state index contributed by atoms with van der Waals surface area (Å²) in [5.41, 5.74) is 1.85. The van der Waals surface area contributed by atoms with E-state index in [2.05, 4.69) is 4.98 Å².